The van der Waals surface area contributed by atoms with Gasteiger partial charge in [0, 0.05) is 43.4 Å². The lowest BCUT2D eigenvalue weighted by molar-refractivity contribution is 0.312. The molecular formula is C14H20N4S. The van der Waals surface area contributed by atoms with Crippen LogP contribution in [-0.2, 0) is 6.42 Å². The van der Waals surface area contributed by atoms with Crippen molar-refractivity contribution in [3.63, 3.8) is 0 Å². The van der Waals surface area contributed by atoms with Crippen LogP contribution in [0, 0.1) is 0 Å². The third-order valence-corrected chi connectivity index (χ3v) is 4.37. The van der Waals surface area contributed by atoms with Gasteiger partial charge in [-0.2, -0.15) is 0 Å². The van der Waals surface area contributed by atoms with Crippen molar-refractivity contribution in [1.29, 1.82) is 0 Å². The van der Waals surface area contributed by atoms with E-state index >= 15 is 0 Å². The summed E-state index contributed by atoms with van der Waals surface area (Å²) in [5.74, 6) is 2.13. The molecule has 3 rings (SSSR count). The van der Waals surface area contributed by atoms with Crippen molar-refractivity contribution in [2.75, 3.05) is 38.1 Å². The average Bonchev–Trinajstić information content (AvgIpc) is 2.87. The number of fused-ring (bicyclic) bond motifs is 1. The van der Waals surface area contributed by atoms with E-state index in [1.54, 1.807) is 11.3 Å². The summed E-state index contributed by atoms with van der Waals surface area (Å²) < 4.78 is 0. The van der Waals surface area contributed by atoms with E-state index < -0.39 is 0 Å². The molecule has 1 aliphatic rings. The van der Waals surface area contributed by atoms with Crippen LogP contribution in [0.5, 0.6) is 0 Å². The predicted octanol–water partition coefficient (Wildman–Crippen LogP) is 2.40. The summed E-state index contributed by atoms with van der Waals surface area (Å²) in [5.41, 5.74) is 1.11. The maximum absolute atomic E-state index is 4.81. The summed E-state index contributed by atoms with van der Waals surface area (Å²) in [6.45, 7) is 6.52. The fourth-order valence-corrected chi connectivity index (χ4v) is 3.22. The largest absolute Gasteiger partial charge is 0.353 e. The highest BCUT2D eigenvalue weighted by Crippen LogP contribution is 2.27. The van der Waals surface area contributed by atoms with Crippen LogP contribution in [0.25, 0.3) is 10.9 Å². The molecule has 0 saturated carbocycles. The van der Waals surface area contributed by atoms with E-state index in [4.69, 9.17) is 4.98 Å². The highest BCUT2D eigenvalue weighted by molar-refractivity contribution is 7.09. The summed E-state index contributed by atoms with van der Waals surface area (Å²) >= 11 is 1.72. The van der Waals surface area contributed by atoms with Gasteiger partial charge in [-0.3, -0.25) is 0 Å². The van der Waals surface area contributed by atoms with Gasteiger partial charge in [0.25, 0.3) is 0 Å². The molecule has 2 aromatic rings. The Morgan fingerprint density at radius 2 is 1.95 bits per heavy atom. The minimum absolute atomic E-state index is 0.965. The first-order valence-electron chi connectivity index (χ1n) is 6.94. The summed E-state index contributed by atoms with van der Waals surface area (Å²) in [6.07, 6.45) is 2.06. The van der Waals surface area contributed by atoms with Crippen molar-refractivity contribution in [2.24, 2.45) is 0 Å². The molecule has 5 heteroatoms. The van der Waals surface area contributed by atoms with Crippen LogP contribution in [0.1, 0.15) is 19.2 Å². The molecule has 3 heterocycles. The number of rotatable bonds is 3. The number of nitrogens with zero attached hydrogens (tertiary/aromatic N) is 4. The second kappa shape index (κ2) is 5.43. The van der Waals surface area contributed by atoms with E-state index in [1.807, 2.05) is 0 Å². The standard InChI is InChI=1S/C14H20N4S/c1-3-4-13-15-12-10-19-9-11(12)14(16-13)18-7-5-17(2)6-8-18/h9-10H,3-8H2,1-2H3. The van der Waals surface area contributed by atoms with Gasteiger partial charge in [-0.25, -0.2) is 9.97 Å². The maximum Gasteiger partial charge on any atom is 0.141 e. The third-order valence-electron chi connectivity index (χ3n) is 3.64. The van der Waals surface area contributed by atoms with Crippen molar-refractivity contribution in [1.82, 2.24) is 14.9 Å². The van der Waals surface area contributed by atoms with Crippen LogP contribution >= 0.6 is 11.3 Å². The molecule has 102 valence electrons. The second-order valence-corrected chi connectivity index (χ2v) is 5.92. The third kappa shape index (κ3) is 2.58. The Bertz CT molecular complexity index is 558. The summed E-state index contributed by atoms with van der Waals surface area (Å²) in [4.78, 5) is 14.3. The van der Waals surface area contributed by atoms with Crippen LogP contribution in [0.3, 0.4) is 0 Å². The Morgan fingerprint density at radius 1 is 1.16 bits per heavy atom. The van der Waals surface area contributed by atoms with E-state index in [1.165, 1.54) is 5.39 Å². The first kappa shape index (κ1) is 12.8. The van der Waals surface area contributed by atoms with E-state index in [9.17, 15) is 0 Å². The second-order valence-electron chi connectivity index (χ2n) is 5.17. The van der Waals surface area contributed by atoms with Crippen molar-refractivity contribution < 1.29 is 0 Å². The minimum Gasteiger partial charge on any atom is -0.353 e. The lowest BCUT2D eigenvalue weighted by Gasteiger charge is -2.33. The quantitative estimate of drug-likeness (QED) is 0.861. The number of hydrogen-bond acceptors (Lipinski definition) is 5. The van der Waals surface area contributed by atoms with Crippen molar-refractivity contribution in [3.05, 3.63) is 16.6 Å². The van der Waals surface area contributed by atoms with Crippen LogP contribution in [-0.4, -0.2) is 48.1 Å². The van der Waals surface area contributed by atoms with Crippen molar-refractivity contribution in [3.8, 4) is 0 Å². The molecule has 4 nitrogen and oxygen atoms in total. The smallest absolute Gasteiger partial charge is 0.141 e. The van der Waals surface area contributed by atoms with Crippen LogP contribution in [0.4, 0.5) is 5.82 Å². The lowest BCUT2D eigenvalue weighted by atomic mass is 10.2. The number of piperazine rings is 1. The molecule has 0 amide bonds. The number of hydrogen-bond donors (Lipinski definition) is 0. The Hall–Kier alpha value is -1.20. The zero-order valence-corrected chi connectivity index (χ0v) is 12.4. The molecule has 0 radical (unpaired) electrons. The van der Waals surface area contributed by atoms with Crippen molar-refractivity contribution >= 4 is 28.1 Å². The Balaban J connectivity index is 1.98. The van der Waals surface area contributed by atoms with Gasteiger partial charge in [0.05, 0.1) is 10.9 Å². The minimum atomic E-state index is 0.965. The van der Waals surface area contributed by atoms with E-state index in [0.29, 0.717) is 0 Å². The van der Waals surface area contributed by atoms with Crippen LogP contribution < -0.4 is 4.90 Å². The zero-order chi connectivity index (χ0) is 13.2. The molecule has 0 atom stereocenters. The van der Waals surface area contributed by atoms with Gasteiger partial charge in [-0.15, -0.1) is 11.3 Å². The van der Waals surface area contributed by atoms with Gasteiger partial charge in [0.2, 0.25) is 0 Å². The molecule has 0 spiro atoms. The highest BCUT2D eigenvalue weighted by Gasteiger charge is 2.19. The number of likely N-dealkylation sites (N-methyl/N-ethyl adjacent to an activating group) is 1. The molecule has 1 fully saturated rings. The summed E-state index contributed by atoms with van der Waals surface area (Å²) in [7, 11) is 2.18. The molecule has 0 unspecified atom stereocenters. The molecule has 1 aliphatic heterocycles. The van der Waals surface area contributed by atoms with Crippen molar-refractivity contribution in [2.45, 2.75) is 19.8 Å². The fraction of sp³-hybridized carbons (Fsp3) is 0.571. The van der Waals surface area contributed by atoms with Gasteiger partial charge < -0.3 is 9.80 Å². The molecule has 2 aromatic heterocycles. The Kier molecular flexibility index (Phi) is 3.66. The molecule has 1 saturated heterocycles. The Labute approximate surface area is 118 Å². The Morgan fingerprint density at radius 3 is 2.68 bits per heavy atom. The highest BCUT2D eigenvalue weighted by atomic mass is 32.1. The van der Waals surface area contributed by atoms with E-state index in [0.717, 1.165) is 56.2 Å². The fourth-order valence-electron chi connectivity index (χ4n) is 2.49. The molecule has 0 aromatic carbocycles. The van der Waals surface area contributed by atoms with Gasteiger partial charge >= 0.3 is 0 Å². The first-order chi connectivity index (χ1) is 9.28. The monoisotopic (exact) mass is 276 g/mol. The predicted molar refractivity (Wildman–Crippen MR) is 81.1 cm³/mol. The zero-order valence-electron chi connectivity index (χ0n) is 11.6. The number of anilines is 1. The first-order valence-corrected chi connectivity index (χ1v) is 7.88. The molecule has 0 bridgehead atoms. The lowest BCUT2D eigenvalue weighted by Crippen LogP contribution is -2.45. The normalized spacial score (nSPS) is 17.3. The van der Waals surface area contributed by atoms with Gasteiger partial charge in [-0.1, -0.05) is 6.92 Å². The number of aromatic nitrogens is 2. The molecule has 0 aliphatic carbocycles. The van der Waals surface area contributed by atoms with Gasteiger partial charge in [-0.05, 0) is 13.5 Å². The van der Waals surface area contributed by atoms with Gasteiger partial charge in [0.1, 0.15) is 11.6 Å². The van der Waals surface area contributed by atoms with Crippen LogP contribution in [0.2, 0.25) is 0 Å². The van der Waals surface area contributed by atoms with Crippen LogP contribution in [0.15, 0.2) is 10.8 Å². The van der Waals surface area contributed by atoms with Gasteiger partial charge in [0.15, 0.2) is 0 Å². The molecular weight excluding hydrogens is 256 g/mol. The average molecular weight is 276 g/mol. The number of thiophene rings is 1. The van der Waals surface area contributed by atoms with E-state index in [-0.39, 0.29) is 0 Å². The van der Waals surface area contributed by atoms with E-state index in [2.05, 4.69) is 39.5 Å². The maximum atomic E-state index is 4.81. The SMILES string of the molecule is CCCc1nc(N2CCN(C)CC2)c2cscc2n1. The topological polar surface area (TPSA) is 32.3 Å². The summed E-state index contributed by atoms with van der Waals surface area (Å²) in [5, 5.41) is 5.53. The summed E-state index contributed by atoms with van der Waals surface area (Å²) in [6, 6.07) is 0. The molecule has 0 N–H and O–H groups in total. The molecule has 19 heavy (non-hydrogen) atoms. The number of aryl methyl sites for hydroxylation is 1.